The highest BCUT2D eigenvalue weighted by molar-refractivity contribution is 4.74. The van der Waals surface area contributed by atoms with Crippen LogP contribution in [0.5, 0.6) is 0 Å². The lowest BCUT2D eigenvalue weighted by Gasteiger charge is -2.25. The van der Waals surface area contributed by atoms with Crippen LogP contribution in [0.25, 0.3) is 0 Å². The predicted molar refractivity (Wildman–Crippen MR) is 32.6 cm³/mol. The summed E-state index contributed by atoms with van der Waals surface area (Å²) in [4.78, 5) is 0. The Kier molecular flexibility index (Phi) is 1.73. The minimum absolute atomic E-state index is 0.105. The Morgan fingerprint density at radius 1 is 1.22 bits per heavy atom. The zero-order valence-electron chi connectivity index (χ0n) is 5.66. The third kappa shape index (κ3) is 1.92. The van der Waals surface area contributed by atoms with Crippen LogP contribution >= 0.6 is 0 Å². The van der Waals surface area contributed by atoms with Gasteiger partial charge in [-0.1, -0.05) is 6.92 Å². The summed E-state index contributed by atoms with van der Waals surface area (Å²) in [5.41, 5.74) is 0. The lowest BCUT2D eigenvalue weighted by Crippen LogP contribution is -2.23. The van der Waals surface area contributed by atoms with Crippen molar-refractivity contribution in [1.82, 2.24) is 0 Å². The first-order valence-corrected chi connectivity index (χ1v) is 3.48. The van der Waals surface area contributed by atoms with Gasteiger partial charge in [-0.15, -0.1) is 0 Å². The molecule has 1 aliphatic rings. The van der Waals surface area contributed by atoms with Gasteiger partial charge < -0.3 is 0 Å². The molecule has 0 N–H and O–H groups in total. The van der Waals surface area contributed by atoms with Gasteiger partial charge in [0.05, 0.1) is 0 Å². The van der Waals surface area contributed by atoms with Crippen LogP contribution in [0.1, 0.15) is 32.6 Å². The van der Waals surface area contributed by atoms with Gasteiger partial charge in [0.2, 0.25) is 5.92 Å². The Bertz CT molecular complexity index is 89.1. The van der Waals surface area contributed by atoms with E-state index in [-0.39, 0.29) is 12.8 Å². The fraction of sp³-hybridized carbons (Fsp3) is 1.00. The average Bonchev–Trinajstić information content (AvgIpc) is 1.78. The van der Waals surface area contributed by atoms with Crippen LogP contribution < -0.4 is 0 Å². The highest BCUT2D eigenvalue weighted by Gasteiger charge is 2.32. The molecule has 0 aromatic carbocycles. The minimum atomic E-state index is -2.34. The molecule has 1 fully saturated rings. The van der Waals surface area contributed by atoms with E-state index in [1.54, 1.807) is 0 Å². The molecule has 54 valence electrons. The van der Waals surface area contributed by atoms with Crippen LogP contribution in [-0.4, -0.2) is 5.92 Å². The second-order valence-corrected chi connectivity index (χ2v) is 3.04. The summed E-state index contributed by atoms with van der Waals surface area (Å²) < 4.78 is 24.8. The SMILES string of the molecule is CC1CCC(F)(F)CC1. The molecule has 0 spiro atoms. The van der Waals surface area contributed by atoms with E-state index >= 15 is 0 Å². The molecule has 1 rings (SSSR count). The molecule has 0 heterocycles. The minimum Gasteiger partial charge on any atom is -0.207 e. The molecule has 0 aromatic heterocycles. The van der Waals surface area contributed by atoms with E-state index in [9.17, 15) is 8.78 Å². The molecule has 0 bridgehead atoms. The number of halogens is 2. The largest absolute Gasteiger partial charge is 0.248 e. The zero-order valence-corrected chi connectivity index (χ0v) is 5.66. The van der Waals surface area contributed by atoms with Crippen LogP contribution in [0.15, 0.2) is 0 Å². The van der Waals surface area contributed by atoms with Crippen LogP contribution in [0.2, 0.25) is 0 Å². The first-order chi connectivity index (χ1) is 4.10. The van der Waals surface area contributed by atoms with Crippen molar-refractivity contribution in [3.8, 4) is 0 Å². The molecule has 0 radical (unpaired) electrons. The van der Waals surface area contributed by atoms with Crippen molar-refractivity contribution >= 4 is 0 Å². The second-order valence-electron chi connectivity index (χ2n) is 3.04. The predicted octanol–water partition coefficient (Wildman–Crippen LogP) is 2.83. The quantitative estimate of drug-likeness (QED) is 0.478. The smallest absolute Gasteiger partial charge is 0.207 e. The fourth-order valence-corrected chi connectivity index (χ4v) is 1.18. The van der Waals surface area contributed by atoms with Crippen molar-refractivity contribution < 1.29 is 8.78 Å². The van der Waals surface area contributed by atoms with Gasteiger partial charge in [0.1, 0.15) is 0 Å². The number of hydrogen-bond donors (Lipinski definition) is 0. The topological polar surface area (TPSA) is 0 Å². The standard InChI is InChI=1S/C7H12F2/c1-6-2-4-7(8,9)5-3-6/h6H,2-5H2,1H3. The van der Waals surface area contributed by atoms with Gasteiger partial charge in [-0.05, 0) is 18.8 Å². The normalized spacial score (nSPS) is 28.3. The Labute approximate surface area is 54.3 Å². The van der Waals surface area contributed by atoms with Gasteiger partial charge in [0, 0.05) is 12.8 Å². The van der Waals surface area contributed by atoms with Gasteiger partial charge in [0.25, 0.3) is 0 Å². The average molecular weight is 134 g/mol. The van der Waals surface area contributed by atoms with Crippen molar-refractivity contribution in [2.75, 3.05) is 0 Å². The molecule has 0 amide bonds. The second kappa shape index (κ2) is 2.24. The van der Waals surface area contributed by atoms with Crippen LogP contribution in [0, 0.1) is 5.92 Å². The number of alkyl halides is 2. The zero-order chi connectivity index (χ0) is 6.91. The summed E-state index contributed by atoms with van der Waals surface area (Å²) >= 11 is 0. The Morgan fingerprint density at radius 2 is 1.67 bits per heavy atom. The highest BCUT2D eigenvalue weighted by Crippen LogP contribution is 2.35. The van der Waals surface area contributed by atoms with E-state index < -0.39 is 5.92 Å². The third-order valence-electron chi connectivity index (χ3n) is 2.01. The summed E-state index contributed by atoms with van der Waals surface area (Å²) in [6.07, 6.45) is 1.61. The van der Waals surface area contributed by atoms with E-state index in [1.807, 2.05) is 6.92 Å². The van der Waals surface area contributed by atoms with Gasteiger partial charge in [-0.25, -0.2) is 8.78 Å². The maximum atomic E-state index is 12.4. The first kappa shape index (κ1) is 6.97. The molecule has 0 saturated heterocycles. The molecular formula is C7H12F2. The van der Waals surface area contributed by atoms with Crippen molar-refractivity contribution in [3.05, 3.63) is 0 Å². The molecule has 2 heteroatoms. The van der Waals surface area contributed by atoms with Crippen molar-refractivity contribution in [2.24, 2.45) is 5.92 Å². The number of hydrogen-bond acceptors (Lipinski definition) is 0. The molecule has 1 saturated carbocycles. The molecule has 0 atom stereocenters. The van der Waals surface area contributed by atoms with Crippen molar-refractivity contribution in [1.29, 1.82) is 0 Å². The molecule has 0 unspecified atom stereocenters. The van der Waals surface area contributed by atoms with Crippen molar-refractivity contribution in [2.45, 2.75) is 38.5 Å². The monoisotopic (exact) mass is 134 g/mol. The molecule has 9 heavy (non-hydrogen) atoms. The third-order valence-corrected chi connectivity index (χ3v) is 2.01. The summed E-state index contributed by atoms with van der Waals surface area (Å²) in [7, 11) is 0. The first-order valence-electron chi connectivity index (χ1n) is 3.48. The van der Waals surface area contributed by atoms with Crippen LogP contribution in [-0.2, 0) is 0 Å². The van der Waals surface area contributed by atoms with E-state index in [4.69, 9.17) is 0 Å². The summed E-state index contributed by atoms with van der Waals surface area (Å²) in [6, 6.07) is 0. The van der Waals surface area contributed by atoms with E-state index in [0.29, 0.717) is 18.8 Å². The maximum absolute atomic E-state index is 12.4. The maximum Gasteiger partial charge on any atom is 0.248 e. The van der Waals surface area contributed by atoms with E-state index in [0.717, 1.165) is 0 Å². The highest BCUT2D eigenvalue weighted by atomic mass is 19.3. The molecular weight excluding hydrogens is 122 g/mol. The summed E-state index contributed by atoms with van der Waals surface area (Å²) in [5.74, 6) is -1.82. The Balaban J connectivity index is 2.35. The molecule has 0 aromatic rings. The van der Waals surface area contributed by atoms with E-state index in [1.165, 1.54) is 0 Å². The van der Waals surface area contributed by atoms with Gasteiger partial charge in [0.15, 0.2) is 0 Å². The number of rotatable bonds is 0. The van der Waals surface area contributed by atoms with Crippen LogP contribution in [0.4, 0.5) is 8.78 Å². The lowest BCUT2D eigenvalue weighted by molar-refractivity contribution is -0.0438. The molecule has 0 nitrogen and oxygen atoms in total. The van der Waals surface area contributed by atoms with E-state index in [2.05, 4.69) is 0 Å². The van der Waals surface area contributed by atoms with Gasteiger partial charge in [-0.2, -0.15) is 0 Å². The summed E-state index contributed by atoms with van der Waals surface area (Å²) in [6.45, 7) is 2.04. The lowest BCUT2D eigenvalue weighted by atomic mass is 9.88. The molecule has 0 aliphatic heterocycles. The Hall–Kier alpha value is -0.140. The molecule has 1 aliphatic carbocycles. The van der Waals surface area contributed by atoms with Gasteiger partial charge in [-0.3, -0.25) is 0 Å². The van der Waals surface area contributed by atoms with Crippen molar-refractivity contribution in [3.63, 3.8) is 0 Å². The van der Waals surface area contributed by atoms with Crippen LogP contribution in [0.3, 0.4) is 0 Å². The fourth-order valence-electron chi connectivity index (χ4n) is 1.18. The van der Waals surface area contributed by atoms with Gasteiger partial charge >= 0.3 is 0 Å². The Morgan fingerprint density at radius 3 is 2.00 bits per heavy atom. The summed E-state index contributed by atoms with van der Waals surface area (Å²) in [5, 5.41) is 0.